The van der Waals surface area contributed by atoms with Crippen molar-refractivity contribution in [2.24, 2.45) is 4.99 Å². The van der Waals surface area contributed by atoms with Gasteiger partial charge in [0.05, 0.1) is 24.0 Å². The van der Waals surface area contributed by atoms with Gasteiger partial charge in [-0.2, -0.15) is 0 Å². The van der Waals surface area contributed by atoms with E-state index in [0.29, 0.717) is 30.7 Å². The molecule has 1 atom stereocenters. The van der Waals surface area contributed by atoms with E-state index in [1.54, 1.807) is 13.4 Å². The van der Waals surface area contributed by atoms with E-state index in [1.807, 2.05) is 34.3 Å². The van der Waals surface area contributed by atoms with E-state index in [9.17, 15) is 0 Å². The maximum atomic E-state index is 6.27. The van der Waals surface area contributed by atoms with Crippen LogP contribution in [-0.2, 0) is 22.6 Å². The fraction of sp³-hybridized carbons (Fsp3) is 0.333. The standard InChI is InChI=1S/C18H17ClN6O2/c1-10-7-27-18(21-10)16-14-6-24-15(8-26-2)22-23-17(24)12-5-11(19)3-4-13(12)25(14)9-20-16/h3-5,9-10H,6-8H2,1-2H3/t10-/m0/s1. The number of aliphatic imine (C=N–C) groups is 1. The van der Waals surface area contributed by atoms with Crippen molar-refractivity contribution in [3.05, 3.63) is 46.8 Å². The molecule has 138 valence electrons. The molecule has 0 saturated heterocycles. The highest BCUT2D eigenvalue weighted by Gasteiger charge is 2.29. The number of aromatic nitrogens is 5. The molecule has 0 aliphatic carbocycles. The molecule has 8 nitrogen and oxygen atoms in total. The molecule has 9 heteroatoms. The molecular formula is C18H17ClN6O2. The van der Waals surface area contributed by atoms with Crippen molar-refractivity contribution in [2.45, 2.75) is 26.1 Å². The van der Waals surface area contributed by atoms with Crippen molar-refractivity contribution < 1.29 is 9.47 Å². The van der Waals surface area contributed by atoms with E-state index in [-0.39, 0.29) is 6.04 Å². The van der Waals surface area contributed by atoms with Crippen LogP contribution >= 0.6 is 11.6 Å². The molecule has 0 spiro atoms. The Labute approximate surface area is 160 Å². The lowest BCUT2D eigenvalue weighted by atomic mass is 10.1. The topological polar surface area (TPSA) is 79.3 Å². The van der Waals surface area contributed by atoms with Gasteiger partial charge in [-0.3, -0.25) is 4.57 Å². The Morgan fingerprint density at radius 2 is 2.22 bits per heavy atom. The van der Waals surface area contributed by atoms with Gasteiger partial charge in [0.15, 0.2) is 11.6 Å². The number of halogens is 1. The summed E-state index contributed by atoms with van der Waals surface area (Å²) in [6.45, 7) is 3.48. The van der Waals surface area contributed by atoms with Crippen molar-refractivity contribution in [3.63, 3.8) is 0 Å². The van der Waals surface area contributed by atoms with E-state index in [1.165, 1.54) is 0 Å². The van der Waals surface area contributed by atoms with Gasteiger partial charge in [0, 0.05) is 17.7 Å². The van der Waals surface area contributed by atoms with Gasteiger partial charge in [-0.1, -0.05) is 11.6 Å². The Kier molecular flexibility index (Phi) is 3.76. The Bertz CT molecular complexity index is 1070. The van der Waals surface area contributed by atoms with Crippen molar-refractivity contribution in [3.8, 4) is 17.1 Å². The molecule has 0 saturated carbocycles. The number of fused-ring (bicyclic) bond motifs is 5. The molecule has 0 unspecified atom stereocenters. The summed E-state index contributed by atoms with van der Waals surface area (Å²) in [7, 11) is 1.64. The third-order valence-electron chi connectivity index (χ3n) is 4.74. The van der Waals surface area contributed by atoms with E-state index in [2.05, 4.69) is 20.2 Å². The third kappa shape index (κ3) is 2.55. The number of methoxy groups -OCH3 is 1. The molecule has 0 fully saturated rings. The minimum Gasteiger partial charge on any atom is -0.474 e. The van der Waals surface area contributed by atoms with Crippen LogP contribution in [0.15, 0.2) is 29.5 Å². The van der Waals surface area contributed by atoms with Gasteiger partial charge in [0.25, 0.3) is 0 Å². The zero-order chi connectivity index (χ0) is 18.5. The molecule has 0 N–H and O–H groups in total. The van der Waals surface area contributed by atoms with Gasteiger partial charge in [0.2, 0.25) is 5.90 Å². The highest BCUT2D eigenvalue weighted by Crippen LogP contribution is 2.34. The fourth-order valence-electron chi connectivity index (χ4n) is 3.50. The molecule has 0 bridgehead atoms. The minimum atomic E-state index is 0.128. The largest absolute Gasteiger partial charge is 0.474 e. The second-order valence-electron chi connectivity index (χ2n) is 6.62. The molecule has 1 aromatic carbocycles. The van der Waals surface area contributed by atoms with Crippen LogP contribution in [0.4, 0.5) is 0 Å². The Hall–Kier alpha value is -2.71. The normalized spacial score (nSPS) is 17.6. The molecule has 4 heterocycles. The van der Waals surface area contributed by atoms with Gasteiger partial charge in [0.1, 0.15) is 25.2 Å². The van der Waals surface area contributed by atoms with Crippen molar-refractivity contribution in [2.75, 3.05) is 13.7 Å². The molecule has 0 radical (unpaired) electrons. The molecule has 2 aliphatic rings. The first-order valence-electron chi connectivity index (χ1n) is 8.64. The lowest BCUT2D eigenvalue weighted by Crippen LogP contribution is -2.13. The third-order valence-corrected chi connectivity index (χ3v) is 4.97. The summed E-state index contributed by atoms with van der Waals surface area (Å²) >= 11 is 6.27. The second-order valence-corrected chi connectivity index (χ2v) is 7.06. The van der Waals surface area contributed by atoms with E-state index >= 15 is 0 Å². The van der Waals surface area contributed by atoms with Crippen molar-refractivity contribution in [1.29, 1.82) is 0 Å². The van der Waals surface area contributed by atoms with Crippen LogP contribution in [0.2, 0.25) is 5.02 Å². The summed E-state index contributed by atoms with van der Waals surface area (Å²) in [4.78, 5) is 9.17. The number of nitrogens with zero attached hydrogens (tertiary/aromatic N) is 6. The molecule has 5 rings (SSSR count). The Balaban J connectivity index is 1.76. The summed E-state index contributed by atoms with van der Waals surface area (Å²) in [5, 5.41) is 9.34. The van der Waals surface area contributed by atoms with Crippen molar-refractivity contribution >= 4 is 17.5 Å². The van der Waals surface area contributed by atoms with Crippen LogP contribution in [0.25, 0.3) is 17.1 Å². The quantitative estimate of drug-likeness (QED) is 0.542. The number of benzene rings is 1. The summed E-state index contributed by atoms with van der Waals surface area (Å²) in [5.74, 6) is 2.06. The number of rotatable bonds is 3. The molecular weight excluding hydrogens is 368 g/mol. The highest BCUT2D eigenvalue weighted by molar-refractivity contribution is 6.31. The van der Waals surface area contributed by atoms with Gasteiger partial charge in [-0.25, -0.2) is 9.98 Å². The smallest absolute Gasteiger partial charge is 0.237 e. The molecule has 2 aromatic heterocycles. The summed E-state index contributed by atoms with van der Waals surface area (Å²) in [5.41, 5.74) is 3.53. The Morgan fingerprint density at radius 1 is 1.33 bits per heavy atom. The molecule has 2 aliphatic heterocycles. The van der Waals surface area contributed by atoms with E-state index < -0.39 is 0 Å². The first-order valence-corrected chi connectivity index (χ1v) is 9.02. The van der Waals surface area contributed by atoms with Crippen LogP contribution in [0.3, 0.4) is 0 Å². The van der Waals surface area contributed by atoms with Gasteiger partial charge < -0.3 is 14.0 Å². The number of ether oxygens (including phenoxy) is 2. The van der Waals surface area contributed by atoms with Crippen LogP contribution in [0, 0.1) is 0 Å². The van der Waals surface area contributed by atoms with Gasteiger partial charge >= 0.3 is 0 Å². The maximum absolute atomic E-state index is 6.27. The fourth-order valence-corrected chi connectivity index (χ4v) is 3.67. The van der Waals surface area contributed by atoms with Crippen molar-refractivity contribution in [1.82, 2.24) is 24.3 Å². The van der Waals surface area contributed by atoms with Crippen LogP contribution in [-0.4, -0.2) is 50.0 Å². The predicted octanol–water partition coefficient (Wildman–Crippen LogP) is 2.46. The first-order chi connectivity index (χ1) is 13.2. The summed E-state index contributed by atoms with van der Waals surface area (Å²) in [6.07, 6.45) is 1.79. The SMILES string of the molecule is COCc1nnc2n1Cc1c(C3=N[C@@H](C)CO3)ncn1-c1ccc(Cl)cc1-2. The molecule has 3 aromatic rings. The Morgan fingerprint density at radius 3 is 3.00 bits per heavy atom. The van der Waals surface area contributed by atoms with Gasteiger partial charge in [-0.05, 0) is 25.1 Å². The number of imidazole rings is 1. The molecule has 0 amide bonds. The number of hydrogen-bond donors (Lipinski definition) is 0. The van der Waals surface area contributed by atoms with Gasteiger partial charge in [-0.15, -0.1) is 10.2 Å². The van der Waals surface area contributed by atoms with E-state index in [4.69, 9.17) is 21.1 Å². The number of hydrogen-bond acceptors (Lipinski definition) is 6. The zero-order valence-electron chi connectivity index (χ0n) is 14.9. The predicted molar refractivity (Wildman–Crippen MR) is 99.4 cm³/mol. The van der Waals surface area contributed by atoms with E-state index in [0.717, 1.165) is 34.3 Å². The average molecular weight is 385 g/mol. The first kappa shape index (κ1) is 16.5. The summed E-state index contributed by atoms with van der Waals surface area (Å²) < 4.78 is 15.1. The molecule has 27 heavy (non-hydrogen) atoms. The highest BCUT2D eigenvalue weighted by atomic mass is 35.5. The minimum absolute atomic E-state index is 0.128. The summed E-state index contributed by atoms with van der Waals surface area (Å²) in [6, 6.07) is 5.85. The van der Waals surface area contributed by atoms with Crippen LogP contribution in [0.5, 0.6) is 0 Å². The average Bonchev–Trinajstić information content (AvgIpc) is 3.34. The maximum Gasteiger partial charge on any atom is 0.237 e. The van der Waals surface area contributed by atoms with Crippen LogP contribution in [0.1, 0.15) is 24.1 Å². The second kappa shape index (κ2) is 6.17. The lowest BCUT2D eigenvalue weighted by molar-refractivity contribution is 0.174. The zero-order valence-corrected chi connectivity index (χ0v) is 15.6. The van der Waals surface area contributed by atoms with Crippen LogP contribution < -0.4 is 0 Å². The lowest BCUT2D eigenvalue weighted by Gasteiger charge is -2.09. The monoisotopic (exact) mass is 384 g/mol.